The van der Waals surface area contributed by atoms with E-state index in [1.807, 2.05) is 19.1 Å². The third-order valence-electron chi connectivity index (χ3n) is 3.81. The predicted octanol–water partition coefficient (Wildman–Crippen LogP) is 4.97. The number of benzene rings is 2. The van der Waals surface area contributed by atoms with Crippen LogP contribution >= 0.6 is 11.6 Å². The molecule has 3 nitrogen and oxygen atoms in total. The Kier molecular flexibility index (Phi) is 4.20. The van der Waals surface area contributed by atoms with Crippen molar-refractivity contribution in [2.24, 2.45) is 0 Å². The first-order chi connectivity index (χ1) is 11.5. The Labute approximate surface area is 144 Å². The van der Waals surface area contributed by atoms with Crippen LogP contribution < -0.4 is 5.73 Å². The van der Waals surface area contributed by atoms with E-state index < -0.39 is 0 Å². The summed E-state index contributed by atoms with van der Waals surface area (Å²) in [6, 6.07) is 15.3. The quantitative estimate of drug-likeness (QED) is 0.718. The van der Waals surface area contributed by atoms with Crippen LogP contribution in [0.4, 0.5) is 10.2 Å². The third kappa shape index (κ3) is 2.82. The number of nitriles is 1. The van der Waals surface area contributed by atoms with Crippen LogP contribution in [0.3, 0.4) is 0 Å². The zero-order chi connectivity index (χ0) is 17.3. The summed E-state index contributed by atoms with van der Waals surface area (Å²) in [5, 5.41) is 10.1. The van der Waals surface area contributed by atoms with E-state index in [4.69, 9.17) is 17.3 Å². The predicted molar refractivity (Wildman–Crippen MR) is 93.9 cm³/mol. The van der Waals surface area contributed by atoms with Gasteiger partial charge in [0.05, 0.1) is 5.69 Å². The van der Waals surface area contributed by atoms with Crippen LogP contribution in [0.2, 0.25) is 5.02 Å². The summed E-state index contributed by atoms with van der Waals surface area (Å²) in [6.45, 7) is 1.86. The van der Waals surface area contributed by atoms with Crippen molar-refractivity contribution in [2.75, 3.05) is 5.73 Å². The van der Waals surface area contributed by atoms with Gasteiger partial charge < -0.3 is 5.73 Å². The smallest absolute Gasteiger partial charge is 0.142 e. The number of halogens is 2. The van der Waals surface area contributed by atoms with Crippen LogP contribution in [-0.2, 0) is 0 Å². The zero-order valence-corrected chi connectivity index (χ0v) is 13.6. The van der Waals surface area contributed by atoms with Crippen LogP contribution in [0, 0.1) is 24.1 Å². The summed E-state index contributed by atoms with van der Waals surface area (Å²) in [7, 11) is 0. The fourth-order valence-electron chi connectivity index (χ4n) is 2.70. The van der Waals surface area contributed by atoms with Crippen LogP contribution in [0.1, 0.15) is 11.1 Å². The molecule has 0 radical (unpaired) electrons. The highest BCUT2D eigenvalue weighted by Crippen LogP contribution is 2.36. The Bertz CT molecular complexity index is 960. The average molecular weight is 338 g/mol. The van der Waals surface area contributed by atoms with Gasteiger partial charge in [0.15, 0.2) is 0 Å². The van der Waals surface area contributed by atoms with E-state index in [9.17, 15) is 9.65 Å². The number of nitrogens with two attached hydrogens (primary N) is 1. The van der Waals surface area contributed by atoms with Gasteiger partial charge in [-0.25, -0.2) is 9.37 Å². The second kappa shape index (κ2) is 6.31. The van der Waals surface area contributed by atoms with Gasteiger partial charge in [-0.15, -0.1) is 0 Å². The number of hydrogen-bond acceptors (Lipinski definition) is 3. The van der Waals surface area contributed by atoms with Gasteiger partial charge >= 0.3 is 0 Å². The molecule has 0 amide bonds. The van der Waals surface area contributed by atoms with Gasteiger partial charge in [-0.2, -0.15) is 5.26 Å². The third-order valence-corrected chi connectivity index (χ3v) is 4.05. The first-order valence-electron chi connectivity index (χ1n) is 7.23. The number of aromatic nitrogens is 1. The molecule has 1 aromatic heterocycles. The fraction of sp³-hybridized carbons (Fsp3) is 0.0526. The lowest BCUT2D eigenvalue weighted by Crippen LogP contribution is -2.03. The van der Waals surface area contributed by atoms with Crippen LogP contribution in [0.5, 0.6) is 0 Å². The Morgan fingerprint density at radius 1 is 1.12 bits per heavy atom. The number of nitrogens with zero attached hydrogens (tertiary/aromatic N) is 2. The Morgan fingerprint density at radius 2 is 1.83 bits per heavy atom. The lowest BCUT2D eigenvalue weighted by atomic mass is 9.93. The first-order valence-corrected chi connectivity index (χ1v) is 7.61. The Balaban J connectivity index is 2.32. The van der Waals surface area contributed by atoms with Crippen molar-refractivity contribution in [1.29, 1.82) is 5.26 Å². The standard InChI is InChI=1S/C19H13ClFN3/c1-11-17(12-5-7-15(21)8-6-12)16(10-22)19(23)24-18(11)13-3-2-4-14(20)9-13/h2-9H,1H3,(H2,23,24). The largest absolute Gasteiger partial charge is 0.383 e. The normalized spacial score (nSPS) is 10.4. The van der Waals surface area contributed by atoms with Gasteiger partial charge in [0.1, 0.15) is 23.3 Å². The summed E-state index contributed by atoms with van der Waals surface area (Å²) in [5.41, 5.74) is 9.89. The molecule has 3 aromatic rings. The van der Waals surface area contributed by atoms with E-state index in [2.05, 4.69) is 11.1 Å². The molecule has 0 unspecified atom stereocenters. The maximum atomic E-state index is 13.2. The van der Waals surface area contributed by atoms with Crippen molar-refractivity contribution in [3.63, 3.8) is 0 Å². The molecule has 0 aliphatic rings. The summed E-state index contributed by atoms with van der Waals surface area (Å²) in [5.74, 6) is -0.204. The molecular formula is C19H13ClFN3. The van der Waals surface area contributed by atoms with Crippen LogP contribution in [0.25, 0.3) is 22.4 Å². The van der Waals surface area contributed by atoms with E-state index in [0.717, 1.165) is 11.1 Å². The average Bonchev–Trinajstić information content (AvgIpc) is 2.57. The highest BCUT2D eigenvalue weighted by molar-refractivity contribution is 6.30. The molecule has 0 fully saturated rings. The minimum absolute atomic E-state index is 0.136. The lowest BCUT2D eigenvalue weighted by molar-refractivity contribution is 0.628. The molecule has 2 N–H and O–H groups in total. The molecule has 5 heteroatoms. The minimum atomic E-state index is -0.341. The number of rotatable bonds is 2. The van der Waals surface area contributed by atoms with E-state index in [0.29, 0.717) is 21.8 Å². The SMILES string of the molecule is Cc1c(-c2cccc(Cl)c2)nc(N)c(C#N)c1-c1ccc(F)cc1. The number of anilines is 1. The molecular weight excluding hydrogens is 325 g/mol. The maximum absolute atomic E-state index is 13.2. The van der Waals surface area contributed by atoms with Gasteiger partial charge in [-0.3, -0.25) is 0 Å². The van der Waals surface area contributed by atoms with Crippen molar-refractivity contribution in [3.05, 3.63) is 70.5 Å². The van der Waals surface area contributed by atoms with E-state index in [1.54, 1.807) is 24.3 Å². The Morgan fingerprint density at radius 3 is 2.46 bits per heavy atom. The van der Waals surface area contributed by atoms with E-state index in [1.165, 1.54) is 12.1 Å². The molecule has 0 saturated heterocycles. The second-order valence-corrected chi connectivity index (χ2v) is 5.79. The summed E-state index contributed by atoms with van der Waals surface area (Å²) in [4.78, 5) is 4.38. The lowest BCUT2D eigenvalue weighted by Gasteiger charge is -2.15. The van der Waals surface area contributed by atoms with Crippen LogP contribution in [-0.4, -0.2) is 4.98 Å². The van der Waals surface area contributed by atoms with Gasteiger partial charge in [0.25, 0.3) is 0 Å². The molecule has 0 aliphatic carbocycles. The van der Waals surface area contributed by atoms with Crippen molar-refractivity contribution in [3.8, 4) is 28.5 Å². The molecule has 1 heterocycles. The second-order valence-electron chi connectivity index (χ2n) is 5.35. The fourth-order valence-corrected chi connectivity index (χ4v) is 2.89. The molecule has 0 spiro atoms. The minimum Gasteiger partial charge on any atom is -0.383 e. The number of nitrogen functional groups attached to an aromatic ring is 1. The van der Waals surface area contributed by atoms with Crippen molar-refractivity contribution < 1.29 is 4.39 Å². The van der Waals surface area contributed by atoms with Gasteiger partial charge in [-0.05, 0) is 42.3 Å². The first kappa shape index (κ1) is 16.0. The van der Waals surface area contributed by atoms with Crippen molar-refractivity contribution >= 4 is 17.4 Å². The summed E-state index contributed by atoms with van der Waals surface area (Å²) < 4.78 is 13.2. The molecule has 0 bridgehead atoms. The van der Waals surface area contributed by atoms with Gasteiger partial charge in [-0.1, -0.05) is 35.9 Å². The van der Waals surface area contributed by atoms with E-state index in [-0.39, 0.29) is 17.2 Å². The van der Waals surface area contributed by atoms with Crippen LogP contribution in [0.15, 0.2) is 48.5 Å². The summed E-state index contributed by atoms with van der Waals surface area (Å²) in [6.07, 6.45) is 0. The highest BCUT2D eigenvalue weighted by Gasteiger charge is 2.18. The molecule has 0 atom stereocenters. The van der Waals surface area contributed by atoms with Gasteiger partial charge in [0.2, 0.25) is 0 Å². The van der Waals surface area contributed by atoms with Gasteiger partial charge in [0, 0.05) is 16.1 Å². The maximum Gasteiger partial charge on any atom is 0.142 e. The molecule has 3 rings (SSSR count). The Hall–Kier alpha value is -2.90. The monoisotopic (exact) mass is 337 g/mol. The highest BCUT2D eigenvalue weighted by atomic mass is 35.5. The number of hydrogen-bond donors (Lipinski definition) is 1. The molecule has 0 saturated carbocycles. The molecule has 0 aliphatic heterocycles. The van der Waals surface area contributed by atoms with Crippen molar-refractivity contribution in [2.45, 2.75) is 6.92 Å². The number of pyridine rings is 1. The zero-order valence-electron chi connectivity index (χ0n) is 12.8. The molecule has 118 valence electrons. The molecule has 24 heavy (non-hydrogen) atoms. The topological polar surface area (TPSA) is 62.7 Å². The summed E-state index contributed by atoms with van der Waals surface area (Å²) >= 11 is 6.07. The van der Waals surface area contributed by atoms with E-state index >= 15 is 0 Å². The van der Waals surface area contributed by atoms with Crippen molar-refractivity contribution in [1.82, 2.24) is 4.98 Å². The molecule has 2 aromatic carbocycles.